The van der Waals surface area contributed by atoms with E-state index in [1.165, 1.54) is 244 Å². The highest BCUT2D eigenvalue weighted by Crippen LogP contribution is 2.30. The predicted molar refractivity (Wildman–Crippen MR) is 392 cm³/mol. The number of ether oxygens (including phenoxy) is 4. The molecule has 14 nitrogen and oxygen atoms in total. The molecule has 2 saturated heterocycles. The van der Waals surface area contributed by atoms with Crippen LogP contribution in [0.2, 0.25) is 0 Å². The molecule has 0 aliphatic carbocycles. The Morgan fingerprint density at radius 3 is 1.12 bits per heavy atom. The molecule has 0 saturated carbocycles. The standard InChI is InChI=1S/C81H149NO13/c1-3-5-7-9-11-13-15-17-19-21-23-25-26-27-28-29-30-31-32-33-34-35-36-37-38-39-40-41-42-43-44-45-47-49-51-53-55-57-59-61-63-65-73(86)82-69(70(85)64-62-60-58-56-54-52-50-48-46-24-22-20-18-16-14-12-10-8-6-4-2)68-92-80-78(91)76(89)79(72(67-84)94-80)95-81-77(90)75(88)74(87)71(66-83)93-81/h5,7,11,13,17,19,23,25,27-28,69-72,74-81,83-85,87-91H,3-4,6,8-10,12,14-16,18,20-22,24,26,29-68H2,1-2H3,(H,82,86)/b7-5-,13-11-,19-17-,25-23-,28-27-. The SMILES string of the molecule is CC/C=C\C/C=C\C/C=C\C/C=C\C/C=C\CCCCCCCCCCCCCCCCCCCCCCCCCCCC(=O)NC(COC1OC(CO)C(OC2OC(CO)C(O)C(O)C2O)C(O)C1O)C(O)CCCCCCCCCCCCCCCCCCCCCC. The van der Waals surface area contributed by atoms with E-state index in [0.717, 1.165) is 83.5 Å². The molecule has 0 aromatic carbocycles. The molecule has 556 valence electrons. The molecule has 12 unspecified atom stereocenters. The number of carbonyl (C=O) groups excluding carboxylic acids is 1. The summed E-state index contributed by atoms with van der Waals surface area (Å²) in [6.07, 6.45) is 71.3. The Morgan fingerprint density at radius 2 is 0.726 bits per heavy atom. The van der Waals surface area contributed by atoms with Gasteiger partial charge in [-0.15, -0.1) is 0 Å². The Hall–Kier alpha value is -2.31. The molecule has 1 amide bonds. The normalized spacial score (nSPS) is 22.6. The maximum absolute atomic E-state index is 13.4. The number of aliphatic hydroxyl groups excluding tert-OH is 8. The molecule has 2 rings (SSSR count). The molecule has 0 radical (unpaired) electrons. The quantitative estimate of drug-likeness (QED) is 0.0204. The van der Waals surface area contributed by atoms with Crippen molar-refractivity contribution < 1.29 is 64.6 Å². The van der Waals surface area contributed by atoms with Gasteiger partial charge >= 0.3 is 0 Å². The molecule has 12 atom stereocenters. The monoisotopic (exact) mass is 1340 g/mol. The zero-order valence-electron chi connectivity index (χ0n) is 60.9. The minimum Gasteiger partial charge on any atom is -0.394 e. The van der Waals surface area contributed by atoms with Crippen molar-refractivity contribution >= 4 is 5.91 Å². The molecule has 2 heterocycles. The number of aliphatic hydroxyl groups is 8. The van der Waals surface area contributed by atoms with Crippen molar-refractivity contribution in [3.8, 4) is 0 Å². The minimum absolute atomic E-state index is 0.199. The molecule has 2 aliphatic rings. The van der Waals surface area contributed by atoms with Gasteiger partial charge in [-0.2, -0.15) is 0 Å². The zero-order valence-corrected chi connectivity index (χ0v) is 60.9. The molecule has 2 aliphatic heterocycles. The number of nitrogens with one attached hydrogen (secondary N) is 1. The first kappa shape index (κ1) is 88.8. The van der Waals surface area contributed by atoms with Gasteiger partial charge in [-0.05, 0) is 57.8 Å². The van der Waals surface area contributed by atoms with Crippen LogP contribution in [0.5, 0.6) is 0 Å². The van der Waals surface area contributed by atoms with Crippen LogP contribution in [0.1, 0.15) is 354 Å². The molecule has 0 bridgehead atoms. The van der Waals surface area contributed by atoms with Crippen LogP contribution in [0.3, 0.4) is 0 Å². The van der Waals surface area contributed by atoms with Gasteiger partial charge in [0.05, 0.1) is 32.0 Å². The lowest BCUT2D eigenvalue weighted by Crippen LogP contribution is -2.65. The van der Waals surface area contributed by atoms with E-state index < -0.39 is 86.8 Å². The lowest BCUT2D eigenvalue weighted by Gasteiger charge is -2.46. The lowest BCUT2D eigenvalue weighted by atomic mass is 9.97. The summed E-state index contributed by atoms with van der Waals surface area (Å²) >= 11 is 0. The second-order valence-corrected chi connectivity index (χ2v) is 28.2. The summed E-state index contributed by atoms with van der Waals surface area (Å²) in [7, 11) is 0. The van der Waals surface area contributed by atoms with Crippen LogP contribution in [-0.4, -0.2) is 140 Å². The second kappa shape index (κ2) is 65.0. The predicted octanol–water partition coefficient (Wildman–Crippen LogP) is 18.0. The summed E-state index contributed by atoms with van der Waals surface area (Å²) in [6.45, 7) is 2.80. The molecule has 0 spiro atoms. The van der Waals surface area contributed by atoms with Crippen molar-refractivity contribution in [1.82, 2.24) is 5.32 Å². The van der Waals surface area contributed by atoms with Crippen molar-refractivity contribution in [2.24, 2.45) is 0 Å². The Balaban J connectivity index is 1.55. The van der Waals surface area contributed by atoms with Crippen LogP contribution in [0.25, 0.3) is 0 Å². The van der Waals surface area contributed by atoms with E-state index in [9.17, 15) is 45.6 Å². The van der Waals surface area contributed by atoms with Crippen molar-refractivity contribution in [3.05, 3.63) is 60.8 Å². The highest BCUT2D eigenvalue weighted by Gasteiger charge is 2.51. The smallest absolute Gasteiger partial charge is 0.220 e. The van der Waals surface area contributed by atoms with Crippen molar-refractivity contribution in [3.63, 3.8) is 0 Å². The molecular weight excluding hydrogens is 1190 g/mol. The Morgan fingerprint density at radius 1 is 0.389 bits per heavy atom. The summed E-state index contributed by atoms with van der Waals surface area (Å²) < 4.78 is 23.0. The Labute approximate surface area is 581 Å². The van der Waals surface area contributed by atoms with Gasteiger partial charge in [0.2, 0.25) is 5.91 Å². The van der Waals surface area contributed by atoms with Gasteiger partial charge in [-0.3, -0.25) is 4.79 Å². The first-order valence-electron chi connectivity index (χ1n) is 40.0. The number of carbonyl (C=O) groups is 1. The zero-order chi connectivity index (χ0) is 68.7. The van der Waals surface area contributed by atoms with Gasteiger partial charge in [0.15, 0.2) is 12.6 Å². The summed E-state index contributed by atoms with van der Waals surface area (Å²) in [6, 6.07) is -0.829. The summed E-state index contributed by atoms with van der Waals surface area (Å²) in [5.74, 6) is -0.199. The number of hydrogen-bond donors (Lipinski definition) is 9. The maximum atomic E-state index is 13.4. The van der Waals surface area contributed by atoms with Gasteiger partial charge in [0, 0.05) is 6.42 Å². The molecule has 95 heavy (non-hydrogen) atoms. The first-order chi connectivity index (χ1) is 46.6. The molecule has 9 N–H and O–H groups in total. The van der Waals surface area contributed by atoms with Gasteiger partial charge in [-0.1, -0.05) is 351 Å². The summed E-state index contributed by atoms with van der Waals surface area (Å²) in [5.41, 5.74) is 0. The van der Waals surface area contributed by atoms with Crippen LogP contribution in [0.4, 0.5) is 0 Å². The van der Waals surface area contributed by atoms with Crippen LogP contribution >= 0.6 is 0 Å². The third-order valence-corrected chi connectivity index (χ3v) is 19.5. The number of rotatable bonds is 67. The van der Waals surface area contributed by atoms with Crippen molar-refractivity contribution in [1.29, 1.82) is 0 Å². The van der Waals surface area contributed by atoms with E-state index >= 15 is 0 Å². The number of unbranched alkanes of at least 4 members (excludes halogenated alkanes) is 44. The van der Waals surface area contributed by atoms with Gasteiger partial charge in [0.1, 0.15) is 48.8 Å². The van der Waals surface area contributed by atoms with E-state index in [1.54, 1.807) is 0 Å². The van der Waals surface area contributed by atoms with Crippen LogP contribution in [0, 0.1) is 0 Å². The molecule has 2 fully saturated rings. The Kier molecular flexibility index (Phi) is 60.8. The fourth-order valence-electron chi connectivity index (χ4n) is 13.2. The second-order valence-electron chi connectivity index (χ2n) is 28.2. The van der Waals surface area contributed by atoms with Crippen LogP contribution in [0.15, 0.2) is 60.8 Å². The molecule has 0 aromatic heterocycles. The van der Waals surface area contributed by atoms with Crippen molar-refractivity contribution in [2.75, 3.05) is 19.8 Å². The third kappa shape index (κ3) is 48.2. The number of allylic oxidation sites excluding steroid dienone is 10. The highest BCUT2D eigenvalue weighted by molar-refractivity contribution is 5.76. The first-order valence-corrected chi connectivity index (χ1v) is 40.0. The summed E-state index contributed by atoms with van der Waals surface area (Å²) in [4.78, 5) is 13.4. The molecular formula is C81H149NO13. The average molecular weight is 1350 g/mol. The van der Waals surface area contributed by atoms with Crippen LogP contribution in [-0.2, 0) is 23.7 Å². The van der Waals surface area contributed by atoms with E-state index in [0.29, 0.717) is 12.8 Å². The van der Waals surface area contributed by atoms with Crippen molar-refractivity contribution in [2.45, 2.75) is 428 Å². The molecule has 14 heteroatoms. The highest BCUT2D eigenvalue weighted by atomic mass is 16.7. The van der Waals surface area contributed by atoms with E-state index in [4.69, 9.17) is 18.9 Å². The topological polar surface area (TPSA) is 228 Å². The fraction of sp³-hybridized carbons (Fsp3) is 0.864. The minimum atomic E-state index is -1.78. The van der Waals surface area contributed by atoms with Gasteiger partial charge < -0.3 is 65.1 Å². The van der Waals surface area contributed by atoms with Gasteiger partial charge in [-0.25, -0.2) is 0 Å². The fourth-order valence-corrected chi connectivity index (χ4v) is 13.2. The largest absolute Gasteiger partial charge is 0.394 e. The Bertz CT molecular complexity index is 1830. The molecule has 0 aromatic rings. The summed E-state index contributed by atoms with van der Waals surface area (Å²) in [5, 5.41) is 87.8. The van der Waals surface area contributed by atoms with Gasteiger partial charge in [0.25, 0.3) is 0 Å². The maximum Gasteiger partial charge on any atom is 0.220 e. The van der Waals surface area contributed by atoms with E-state index in [2.05, 4.69) is 79.9 Å². The van der Waals surface area contributed by atoms with E-state index in [-0.39, 0.29) is 12.5 Å². The van der Waals surface area contributed by atoms with E-state index in [1.807, 2.05) is 0 Å². The van der Waals surface area contributed by atoms with Crippen LogP contribution < -0.4 is 5.32 Å². The number of hydrogen-bond acceptors (Lipinski definition) is 13. The third-order valence-electron chi connectivity index (χ3n) is 19.5. The average Bonchev–Trinajstić information content (AvgIpc) is 0.897. The number of amides is 1. The lowest BCUT2D eigenvalue weighted by molar-refractivity contribution is -0.359.